The normalized spacial score (nSPS) is 16.3. The first kappa shape index (κ1) is 20.5. The van der Waals surface area contributed by atoms with E-state index in [1.54, 1.807) is 12.3 Å². The number of fused-ring (bicyclic) bond motifs is 1. The number of nitrogens with one attached hydrogen (secondary N) is 3. The molecule has 4 rings (SSSR count). The van der Waals surface area contributed by atoms with Crippen molar-refractivity contribution in [2.75, 3.05) is 5.32 Å². The highest BCUT2D eigenvalue weighted by atomic mass is 16.3. The van der Waals surface area contributed by atoms with Crippen molar-refractivity contribution in [1.82, 2.24) is 15.2 Å². The van der Waals surface area contributed by atoms with Crippen LogP contribution < -0.4 is 16.0 Å². The maximum Gasteiger partial charge on any atom is 0.319 e. The second-order valence-electron chi connectivity index (χ2n) is 7.93. The SMILES string of the molecule is Cc1cc(C)cc(NC(=O)NCc2ccc3c(O)n(C4CCC(=O)NC4=O)cc3c2)c1. The number of anilines is 1. The van der Waals surface area contributed by atoms with E-state index in [-0.39, 0.29) is 24.2 Å². The Morgan fingerprint density at radius 3 is 2.61 bits per heavy atom. The van der Waals surface area contributed by atoms with Crippen LogP contribution in [0.3, 0.4) is 0 Å². The summed E-state index contributed by atoms with van der Waals surface area (Å²) in [5.41, 5.74) is 3.72. The van der Waals surface area contributed by atoms with Gasteiger partial charge in [0.05, 0.1) is 0 Å². The third-order valence-corrected chi connectivity index (χ3v) is 5.36. The molecule has 4 amide bonds. The fourth-order valence-corrected chi connectivity index (χ4v) is 3.97. The smallest absolute Gasteiger partial charge is 0.319 e. The molecule has 8 heteroatoms. The molecular formula is C23H24N4O4. The fourth-order valence-electron chi connectivity index (χ4n) is 3.97. The Morgan fingerprint density at radius 1 is 1.16 bits per heavy atom. The number of imide groups is 1. The van der Waals surface area contributed by atoms with Crippen molar-refractivity contribution in [3.63, 3.8) is 0 Å². The number of carbonyl (C=O) groups excluding carboxylic acids is 3. The molecule has 0 radical (unpaired) electrons. The number of amides is 4. The molecule has 2 aromatic carbocycles. The van der Waals surface area contributed by atoms with Crippen LogP contribution in [0.5, 0.6) is 5.88 Å². The number of hydrogen-bond donors (Lipinski definition) is 4. The van der Waals surface area contributed by atoms with Crippen LogP contribution in [0, 0.1) is 13.8 Å². The van der Waals surface area contributed by atoms with Gasteiger partial charge < -0.3 is 20.3 Å². The lowest BCUT2D eigenvalue weighted by atomic mass is 10.1. The van der Waals surface area contributed by atoms with E-state index >= 15 is 0 Å². The van der Waals surface area contributed by atoms with Gasteiger partial charge in [0, 0.05) is 35.6 Å². The molecule has 4 N–H and O–H groups in total. The Morgan fingerprint density at radius 2 is 1.90 bits per heavy atom. The lowest BCUT2D eigenvalue weighted by molar-refractivity contribution is -0.135. The molecule has 0 bridgehead atoms. The first-order chi connectivity index (χ1) is 14.8. The molecule has 0 saturated carbocycles. The highest BCUT2D eigenvalue weighted by molar-refractivity contribution is 6.00. The summed E-state index contributed by atoms with van der Waals surface area (Å²) in [6.45, 7) is 4.25. The van der Waals surface area contributed by atoms with Crippen LogP contribution in [0.25, 0.3) is 10.8 Å². The fraction of sp³-hybridized carbons (Fsp3) is 0.261. The van der Waals surface area contributed by atoms with E-state index in [2.05, 4.69) is 16.0 Å². The zero-order valence-corrected chi connectivity index (χ0v) is 17.4. The summed E-state index contributed by atoms with van der Waals surface area (Å²) in [5.74, 6) is -0.738. The zero-order chi connectivity index (χ0) is 22.1. The van der Waals surface area contributed by atoms with Crippen LogP contribution in [0.15, 0.2) is 42.6 Å². The van der Waals surface area contributed by atoms with E-state index in [4.69, 9.17) is 0 Å². The van der Waals surface area contributed by atoms with E-state index in [0.29, 0.717) is 18.4 Å². The number of nitrogens with zero attached hydrogens (tertiary/aromatic N) is 1. The van der Waals surface area contributed by atoms with Gasteiger partial charge in [-0.2, -0.15) is 0 Å². The van der Waals surface area contributed by atoms with Crippen molar-refractivity contribution in [3.05, 3.63) is 59.3 Å². The van der Waals surface area contributed by atoms with Gasteiger partial charge >= 0.3 is 6.03 Å². The van der Waals surface area contributed by atoms with Crippen LogP contribution in [0.4, 0.5) is 10.5 Å². The number of aromatic hydroxyl groups is 1. The summed E-state index contributed by atoms with van der Waals surface area (Å²) in [6.07, 6.45) is 2.27. The van der Waals surface area contributed by atoms with Crippen molar-refractivity contribution in [2.24, 2.45) is 0 Å². The molecule has 3 aromatic rings. The minimum absolute atomic E-state index is 0.0171. The highest BCUT2D eigenvalue weighted by Gasteiger charge is 2.30. The van der Waals surface area contributed by atoms with Gasteiger partial charge in [0.15, 0.2) is 5.88 Å². The van der Waals surface area contributed by atoms with Gasteiger partial charge in [-0.15, -0.1) is 0 Å². The number of hydrogen-bond acceptors (Lipinski definition) is 4. The summed E-state index contributed by atoms with van der Waals surface area (Å²) < 4.78 is 1.50. The number of urea groups is 1. The van der Waals surface area contributed by atoms with Gasteiger partial charge in [-0.1, -0.05) is 12.1 Å². The van der Waals surface area contributed by atoms with Crippen LogP contribution in [-0.2, 0) is 16.1 Å². The molecule has 31 heavy (non-hydrogen) atoms. The number of rotatable bonds is 4. The van der Waals surface area contributed by atoms with Crippen molar-refractivity contribution in [3.8, 4) is 5.88 Å². The molecule has 1 unspecified atom stereocenters. The van der Waals surface area contributed by atoms with Crippen LogP contribution in [-0.4, -0.2) is 27.5 Å². The van der Waals surface area contributed by atoms with Crippen molar-refractivity contribution in [2.45, 2.75) is 39.3 Å². The van der Waals surface area contributed by atoms with Gasteiger partial charge in [0.25, 0.3) is 0 Å². The Bertz CT molecular complexity index is 1180. The van der Waals surface area contributed by atoms with E-state index in [9.17, 15) is 19.5 Å². The molecule has 1 atom stereocenters. The number of piperidine rings is 1. The van der Waals surface area contributed by atoms with Gasteiger partial charge in [0.2, 0.25) is 11.8 Å². The van der Waals surface area contributed by atoms with Gasteiger partial charge in [0.1, 0.15) is 6.04 Å². The molecule has 160 valence electrons. The van der Waals surface area contributed by atoms with Crippen LogP contribution in [0.1, 0.15) is 35.6 Å². The summed E-state index contributed by atoms with van der Waals surface area (Å²) >= 11 is 0. The first-order valence-electron chi connectivity index (χ1n) is 10.1. The van der Waals surface area contributed by atoms with E-state index in [0.717, 1.165) is 27.8 Å². The number of aromatic nitrogens is 1. The molecule has 2 heterocycles. The average Bonchev–Trinajstić information content (AvgIpc) is 3.01. The van der Waals surface area contributed by atoms with Crippen molar-refractivity contribution < 1.29 is 19.5 Å². The second kappa shape index (κ2) is 8.14. The number of aryl methyl sites for hydroxylation is 2. The van der Waals surface area contributed by atoms with Gasteiger partial charge in [-0.25, -0.2) is 4.79 Å². The predicted molar refractivity (Wildman–Crippen MR) is 117 cm³/mol. The minimum Gasteiger partial charge on any atom is -0.494 e. The van der Waals surface area contributed by atoms with Gasteiger partial charge in [-0.05, 0) is 61.2 Å². The Labute approximate surface area is 179 Å². The molecule has 8 nitrogen and oxygen atoms in total. The van der Waals surface area contributed by atoms with Crippen molar-refractivity contribution in [1.29, 1.82) is 0 Å². The third kappa shape index (κ3) is 4.37. The summed E-state index contributed by atoms with van der Waals surface area (Å²) in [6, 6.07) is 10.3. The van der Waals surface area contributed by atoms with Gasteiger partial charge in [-0.3, -0.25) is 14.9 Å². The summed E-state index contributed by atoms with van der Waals surface area (Å²) in [7, 11) is 0. The summed E-state index contributed by atoms with van der Waals surface area (Å²) in [5, 5.41) is 19.9. The van der Waals surface area contributed by atoms with Crippen LogP contribution >= 0.6 is 0 Å². The number of carbonyl (C=O) groups is 3. The standard InChI is InChI=1S/C23H24N4O4/c1-13-7-14(2)9-17(8-13)25-23(31)24-11-15-3-4-18-16(10-15)12-27(22(18)30)19-5-6-20(28)26-21(19)29/h3-4,7-10,12,19,30H,5-6,11H2,1-2H3,(H2,24,25,31)(H,26,28,29). The molecule has 1 saturated heterocycles. The Kier molecular flexibility index (Phi) is 5.37. The molecule has 1 aliphatic rings. The second-order valence-corrected chi connectivity index (χ2v) is 7.93. The minimum atomic E-state index is -0.629. The van der Waals surface area contributed by atoms with Crippen LogP contribution in [0.2, 0.25) is 0 Å². The van der Waals surface area contributed by atoms with E-state index in [1.165, 1.54) is 4.57 Å². The monoisotopic (exact) mass is 420 g/mol. The first-order valence-corrected chi connectivity index (χ1v) is 10.1. The quantitative estimate of drug-likeness (QED) is 0.485. The average molecular weight is 420 g/mol. The maximum atomic E-state index is 12.3. The van der Waals surface area contributed by atoms with E-state index < -0.39 is 11.9 Å². The van der Waals surface area contributed by atoms with E-state index in [1.807, 2.05) is 44.2 Å². The molecule has 1 aromatic heterocycles. The highest BCUT2D eigenvalue weighted by Crippen LogP contribution is 2.33. The zero-order valence-electron chi connectivity index (χ0n) is 17.4. The Hall–Kier alpha value is -3.81. The largest absolute Gasteiger partial charge is 0.494 e. The maximum absolute atomic E-state index is 12.3. The molecule has 0 spiro atoms. The molecular weight excluding hydrogens is 396 g/mol. The Balaban J connectivity index is 1.46. The molecule has 1 fully saturated rings. The lowest BCUT2D eigenvalue weighted by Gasteiger charge is -2.22. The third-order valence-electron chi connectivity index (χ3n) is 5.36. The molecule has 0 aliphatic carbocycles. The predicted octanol–water partition coefficient (Wildman–Crippen LogP) is 3.26. The number of benzene rings is 2. The molecule has 1 aliphatic heterocycles. The van der Waals surface area contributed by atoms with Crippen molar-refractivity contribution >= 4 is 34.3 Å². The summed E-state index contributed by atoms with van der Waals surface area (Å²) in [4.78, 5) is 35.8. The lowest BCUT2D eigenvalue weighted by Crippen LogP contribution is -2.41. The topological polar surface area (TPSA) is 112 Å².